The lowest BCUT2D eigenvalue weighted by molar-refractivity contribution is -0.149. The van der Waals surface area contributed by atoms with Crippen molar-refractivity contribution < 1.29 is 19.1 Å². The summed E-state index contributed by atoms with van der Waals surface area (Å²) in [6.45, 7) is 1.03. The highest BCUT2D eigenvalue weighted by Crippen LogP contribution is 2.59. The molecule has 0 unspecified atom stereocenters. The Hall–Kier alpha value is -2.04. The second-order valence-corrected chi connectivity index (χ2v) is 9.12. The summed E-state index contributed by atoms with van der Waals surface area (Å²) >= 11 is 0. The third kappa shape index (κ3) is 4.86. The van der Waals surface area contributed by atoms with Crippen LogP contribution in [0.5, 0.6) is 5.75 Å². The SMILES string of the molecule is O=C(COC(=O)CCCOc1ccccc1)NCC12CC3CC(CC(C3)C1)C2. The fraction of sp³-hybridized carbons (Fsp3) is 0.652. The molecule has 1 amide bonds. The van der Waals surface area contributed by atoms with Crippen molar-refractivity contribution in [3.05, 3.63) is 30.3 Å². The van der Waals surface area contributed by atoms with Crippen LogP contribution in [0.2, 0.25) is 0 Å². The van der Waals surface area contributed by atoms with Gasteiger partial charge < -0.3 is 14.8 Å². The molecule has 1 aromatic rings. The van der Waals surface area contributed by atoms with Crippen molar-refractivity contribution in [3.63, 3.8) is 0 Å². The lowest BCUT2D eigenvalue weighted by Gasteiger charge is -2.56. The number of carbonyl (C=O) groups is 2. The van der Waals surface area contributed by atoms with Gasteiger partial charge in [0, 0.05) is 13.0 Å². The molecule has 0 aromatic heterocycles. The molecule has 0 saturated heterocycles. The zero-order valence-corrected chi connectivity index (χ0v) is 16.5. The quantitative estimate of drug-likeness (QED) is 0.520. The van der Waals surface area contributed by atoms with Gasteiger partial charge in [0.15, 0.2) is 6.61 Å². The zero-order valence-electron chi connectivity index (χ0n) is 16.5. The number of para-hydroxylation sites is 1. The number of amides is 1. The topological polar surface area (TPSA) is 64.6 Å². The van der Waals surface area contributed by atoms with Crippen molar-refractivity contribution in [1.82, 2.24) is 5.32 Å². The maximum Gasteiger partial charge on any atom is 0.306 e. The fourth-order valence-corrected chi connectivity index (χ4v) is 5.99. The molecule has 5 rings (SSSR count). The molecule has 5 heteroatoms. The van der Waals surface area contributed by atoms with Crippen LogP contribution in [0.25, 0.3) is 0 Å². The minimum absolute atomic E-state index is 0.176. The minimum atomic E-state index is -0.346. The number of hydrogen-bond donors (Lipinski definition) is 1. The summed E-state index contributed by atoms with van der Waals surface area (Å²) in [4.78, 5) is 24.0. The Morgan fingerprint density at radius 2 is 1.64 bits per heavy atom. The van der Waals surface area contributed by atoms with Crippen LogP contribution in [0, 0.1) is 23.2 Å². The van der Waals surface area contributed by atoms with E-state index in [2.05, 4.69) is 5.32 Å². The van der Waals surface area contributed by atoms with Crippen molar-refractivity contribution in [2.24, 2.45) is 23.2 Å². The van der Waals surface area contributed by atoms with E-state index in [9.17, 15) is 9.59 Å². The molecule has 0 aliphatic heterocycles. The molecule has 1 N–H and O–H groups in total. The standard InChI is InChI=1S/C23H31NO4/c25-21(15-28-22(26)7-4-8-27-20-5-2-1-3-6-20)24-16-23-12-17-9-18(13-23)11-19(10-17)14-23/h1-3,5-6,17-19H,4,7-16H2,(H,24,25). The number of rotatable bonds is 9. The van der Waals surface area contributed by atoms with Gasteiger partial charge in [-0.1, -0.05) is 18.2 Å². The van der Waals surface area contributed by atoms with E-state index in [1.54, 1.807) is 0 Å². The Kier molecular flexibility index (Phi) is 5.88. The summed E-state index contributed by atoms with van der Waals surface area (Å²) in [5.41, 5.74) is 0.309. The lowest BCUT2D eigenvalue weighted by atomic mass is 9.49. The van der Waals surface area contributed by atoms with Crippen molar-refractivity contribution in [3.8, 4) is 5.75 Å². The Morgan fingerprint density at radius 1 is 1.00 bits per heavy atom. The van der Waals surface area contributed by atoms with Gasteiger partial charge in [-0.25, -0.2) is 0 Å². The molecule has 0 radical (unpaired) electrons. The zero-order chi connectivity index (χ0) is 19.4. The third-order valence-corrected chi connectivity index (χ3v) is 6.73. The maximum atomic E-state index is 12.1. The van der Waals surface area contributed by atoms with Crippen molar-refractivity contribution >= 4 is 11.9 Å². The number of ether oxygens (including phenoxy) is 2. The molecule has 4 aliphatic rings. The van der Waals surface area contributed by atoms with Gasteiger partial charge in [-0.15, -0.1) is 0 Å². The first-order chi connectivity index (χ1) is 13.6. The Bertz CT molecular complexity index is 652. The average Bonchev–Trinajstić information content (AvgIpc) is 2.68. The Morgan fingerprint density at radius 3 is 2.29 bits per heavy atom. The predicted molar refractivity (Wildman–Crippen MR) is 106 cm³/mol. The lowest BCUT2D eigenvalue weighted by Crippen LogP contribution is -2.51. The van der Waals surface area contributed by atoms with E-state index < -0.39 is 0 Å². The van der Waals surface area contributed by atoms with Gasteiger partial charge in [0.05, 0.1) is 6.61 Å². The van der Waals surface area contributed by atoms with E-state index in [0.29, 0.717) is 18.4 Å². The largest absolute Gasteiger partial charge is 0.494 e. The van der Waals surface area contributed by atoms with E-state index in [4.69, 9.17) is 9.47 Å². The van der Waals surface area contributed by atoms with Crippen LogP contribution in [0.4, 0.5) is 0 Å². The van der Waals surface area contributed by atoms with Gasteiger partial charge in [-0.3, -0.25) is 9.59 Å². The second-order valence-electron chi connectivity index (χ2n) is 9.12. The van der Waals surface area contributed by atoms with E-state index in [1.165, 1.54) is 38.5 Å². The molecule has 4 saturated carbocycles. The summed E-state index contributed by atoms with van der Waals surface area (Å²) in [5, 5.41) is 3.04. The third-order valence-electron chi connectivity index (χ3n) is 6.73. The van der Waals surface area contributed by atoms with E-state index in [-0.39, 0.29) is 24.9 Å². The van der Waals surface area contributed by atoms with Crippen LogP contribution in [0.3, 0.4) is 0 Å². The van der Waals surface area contributed by atoms with Gasteiger partial charge >= 0.3 is 5.97 Å². The Labute approximate surface area is 167 Å². The summed E-state index contributed by atoms with van der Waals surface area (Å²) in [5.74, 6) is 2.89. The van der Waals surface area contributed by atoms with E-state index >= 15 is 0 Å². The molecule has 28 heavy (non-hydrogen) atoms. The van der Waals surface area contributed by atoms with Crippen LogP contribution in [0.15, 0.2) is 30.3 Å². The van der Waals surface area contributed by atoms with Gasteiger partial charge in [0.2, 0.25) is 0 Å². The highest BCUT2D eigenvalue weighted by atomic mass is 16.5. The predicted octanol–water partition coefficient (Wildman–Crippen LogP) is 3.72. The highest BCUT2D eigenvalue weighted by molar-refractivity contribution is 5.80. The summed E-state index contributed by atoms with van der Waals surface area (Å²) in [6.07, 6.45) is 8.83. The molecule has 0 atom stereocenters. The summed E-state index contributed by atoms with van der Waals surface area (Å²) in [7, 11) is 0. The van der Waals surface area contributed by atoms with Gasteiger partial charge in [0.25, 0.3) is 5.91 Å². The number of hydrogen-bond acceptors (Lipinski definition) is 4. The molecule has 5 nitrogen and oxygen atoms in total. The summed E-state index contributed by atoms with van der Waals surface area (Å²) < 4.78 is 10.7. The first kappa shape index (κ1) is 19.3. The van der Waals surface area contributed by atoms with Crippen molar-refractivity contribution in [1.29, 1.82) is 0 Å². The Balaban J connectivity index is 1.10. The molecular weight excluding hydrogens is 354 g/mol. The maximum absolute atomic E-state index is 12.1. The number of esters is 1. The molecule has 0 spiro atoms. The molecular formula is C23H31NO4. The van der Waals surface area contributed by atoms with Crippen molar-refractivity contribution in [2.75, 3.05) is 19.8 Å². The van der Waals surface area contributed by atoms with Crippen LogP contribution in [0.1, 0.15) is 51.4 Å². The normalized spacial score (nSPS) is 30.1. The molecule has 152 valence electrons. The molecule has 4 bridgehead atoms. The van der Waals surface area contributed by atoms with Gasteiger partial charge in [-0.2, -0.15) is 0 Å². The number of benzene rings is 1. The average molecular weight is 386 g/mol. The number of nitrogens with one attached hydrogen (secondary N) is 1. The number of carbonyl (C=O) groups excluding carboxylic acids is 2. The van der Waals surface area contributed by atoms with Crippen LogP contribution in [-0.2, 0) is 14.3 Å². The minimum Gasteiger partial charge on any atom is -0.494 e. The molecule has 1 aromatic carbocycles. The smallest absolute Gasteiger partial charge is 0.306 e. The monoisotopic (exact) mass is 385 g/mol. The first-order valence-electron chi connectivity index (χ1n) is 10.7. The molecule has 4 aliphatic carbocycles. The fourth-order valence-electron chi connectivity index (χ4n) is 5.99. The van der Waals surface area contributed by atoms with Gasteiger partial charge in [0.1, 0.15) is 5.75 Å². The van der Waals surface area contributed by atoms with E-state index in [0.717, 1.165) is 30.0 Å². The van der Waals surface area contributed by atoms with Crippen LogP contribution >= 0.6 is 0 Å². The van der Waals surface area contributed by atoms with Crippen LogP contribution < -0.4 is 10.1 Å². The molecule has 0 heterocycles. The van der Waals surface area contributed by atoms with Gasteiger partial charge in [-0.05, 0) is 80.2 Å². The molecule has 4 fully saturated rings. The second kappa shape index (κ2) is 8.54. The van der Waals surface area contributed by atoms with E-state index in [1.807, 2.05) is 30.3 Å². The summed E-state index contributed by atoms with van der Waals surface area (Å²) in [6, 6.07) is 9.51. The van der Waals surface area contributed by atoms with Crippen molar-refractivity contribution in [2.45, 2.75) is 51.4 Å². The first-order valence-corrected chi connectivity index (χ1v) is 10.7. The van der Waals surface area contributed by atoms with Crippen LogP contribution in [-0.4, -0.2) is 31.6 Å². The highest BCUT2D eigenvalue weighted by Gasteiger charge is 2.50.